The molecule has 0 unspecified atom stereocenters. The Labute approximate surface area is 98.5 Å². The predicted molar refractivity (Wildman–Crippen MR) is 66.8 cm³/mol. The molecule has 4 nitrogen and oxygen atoms in total. The van der Waals surface area contributed by atoms with E-state index in [9.17, 15) is 0 Å². The third-order valence-corrected chi connectivity index (χ3v) is 2.94. The molecule has 0 saturated heterocycles. The molecule has 0 amide bonds. The molecule has 4 heteroatoms. The van der Waals surface area contributed by atoms with Gasteiger partial charge in [0.25, 0.3) is 6.01 Å². The number of hydrogen-bond donors (Lipinski definition) is 2. The first-order valence-corrected chi connectivity index (χ1v) is 5.51. The lowest BCUT2D eigenvalue weighted by Gasteiger charge is -1.96. The van der Waals surface area contributed by atoms with Crippen molar-refractivity contribution < 1.29 is 4.42 Å². The predicted octanol–water partition coefficient (Wildman–Crippen LogP) is 2.64. The van der Waals surface area contributed by atoms with Crippen LogP contribution >= 0.6 is 0 Å². The number of nitrogen functional groups attached to an aromatic ring is 1. The number of aromatic amines is 1. The average molecular weight is 227 g/mol. The normalized spacial score (nSPS) is 11.1. The van der Waals surface area contributed by atoms with Gasteiger partial charge in [0, 0.05) is 23.5 Å². The van der Waals surface area contributed by atoms with Crippen molar-refractivity contribution >= 4 is 16.9 Å². The Bertz CT molecular complexity index is 666. The van der Waals surface area contributed by atoms with Crippen molar-refractivity contribution in [3.63, 3.8) is 0 Å². The van der Waals surface area contributed by atoms with Gasteiger partial charge in [-0.05, 0) is 18.6 Å². The van der Waals surface area contributed by atoms with Crippen LogP contribution in [0.1, 0.15) is 17.0 Å². The number of nitrogens with one attached hydrogen (secondary N) is 1. The van der Waals surface area contributed by atoms with E-state index in [1.807, 2.05) is 25.3 Å². The first-order valence-electron chi connectivity index (χ1n) is 5.51. The number of benzene rings is 1. The number of hydrogen-bond acceptors (Lipinski definition) is 3. The summed E-state index contributed by atoms with van der Waals surface area (Å²) in [5, 5.41) is 1.21. The maximum Gasteiger partial charge on any atom is 0.292 e. The molecular formula is C13H13N3O. The van der Waals surface area contributed by atoms with E-state index in [1.165, 1.54) is 10.9 Å². The van der Waals surface area contributed by atoms with Crippen LogP contribution in [0, 0.1) is 6.92 Å². The van der Waals surface area contributed by atoms with Crippen molar-refractivity contribution in [2.45, 2.75) is 13.3 Å². The van der Waals surface area contributed by atoms with Crippen molar-refractivity contribution in [3.05, 3.63) is 47.5 Å². The molecule has 3 aromatic rings. The summed E-state index contributed by atoms with van der Waals surface area (Å²) in [7, 11) is 0. The van der Waals surface area contributed by atoms with Crippen LogP contribution in [0.5, 0.6) is 0 Å². The molecule has 2 aromatic heterocycles. The van der Waals surface area contributed by atoms with Gasteiger partial charge in [-0.25, -0.2) is 0 Å². The van der Waals surface area contributed by atoms with E-state index in [4.69, 9.17) is 10.2 Å². The van der Waals surface area contributed by atoms with E-state index in [-0.39, 0.29) is 6.01 Å². The molecule has 0 aliphatic carbocycles. The summed E-state index contributed by atoms with van der Waals surface area (Å²) in [6, 6.07) is 8.43. The van der Waals surface area contributed by atoms with Gasteiger partial charge >= 0.3 is 0 Å². The Morgan fingerprint density at radius 3 is 2.94 bits per heavy atom. The Morgan fingerprint density at radius 1 is 1.35 bits per heavy atom. The van der Waals surface area contributed by atoms with Crippen LogP contribution in [0.25, 0.3) is 10.9 Å². The Kier molecular flexibility index (Phi) is 2.14. The van der Waals surface area contributed by atoms with Gasteiger partial charge in [0.2, 0.25) is 0 Å². The van der Waals surface area contributed by atoms with Crippen LogP contribution in [0.3, 0.4) is 0 Å². The molecule has 0 spiro atoms. The van der Waals surface area contributed by atoms with Crippen LogP contribution in [0.15, 0.2) is 34.9 Å². The van der Waals surface area contributed by atoms with Gasteiger partial charge < -0.3 is 15.1 Å². The van der Waals surface area contributed by atoms with Crippen LogP contribution in [0.2, 0.25) is 0 Å². The van der Waals surface area contributed by atoms with E-state index in [0.717, 1.165) is 17.0 Å². The standard InChI is InChI=1S/C13H13N3O/c1-8-12(17-13(14)16-8)6-9-7-15-11-5-3-2-4-10(9)11/h2-5,7,15H,6H2,1H3,(H2,14,16). The first kappa shape index (κ1) is 9.96. The zero-order valence-corrected chi connectivity index (χ0v) is 9.53. The van der Waals surface area contributed by atoms with E-state index >= 15 is 0 Å². The van der Waals surface area contributed by atoms with Crippen LogP contribution in [-0.4, -0.2) is 9.97 Å². The number of aromatic nitrogens is 2. The fourth-order valence-electron chi connectivity index (χ4n) is 2.07. The molecular weight excluding hydrogens is 214 g/mol. The average Bonchev–Trinajstić information content (AvgIpc) is 2.85. The molecule has 86 valence electrons. The molecule has 0 aliphatic heterocycles. The van der Waals surface area contributed by atoms with Gasteiger partial charge in [-0.3, -0.25) is 0 Å². The van der Waals surface area contributed by atoms with E-state index < -0.39 is 0 Å². The maximum absolute atomic E-state index is 5.54. The SMILES string of the molecule is Cc1nc(N)oc1Cc1c[nH]c2ccccc12. The summed E-state index contributed by atoms with van der Waals surface area (Å²) >= 11 is 0. The smallest absolute Gasteiger partial charge is 0.292 e. The molecule has 17 heavy (non-hydrogen) atoms. The van der Waals surface area contributed by atoms with Crippen LogP contribution in [0.4, 0.5) is 6.01 Å². The van der Waals surface area contributed by atoms with Crippen molar-refractivity contribution in [2.24, 2.45) is 0 Å². The quantitative estimate of drug-likeness (QED) is 0.707. The van der Waals surface area contributed by atoms with Gasteiger partial charge in [-0.15, -0.1) is 0 Å². The molecule has 0 aliphatic rings. The number of H-pyrrole nitrogens is 1. The van der Waals surface area contributed by atoms with Gasteiger partial charge in [-0.1, -0.05) is 18.2 Å². The van der Waals surface area contributed by atoms with Crippen molar-refractivity contribution in [3.8, 4) is 0 Å². The highest BCUT2D eigenvalue weighted by Gasteiger charge is 2.10. The van der Waals surface area contributed by atoms with Gasteiger partial charge in [0.1, 0.15) is 5.76 Å². The number of anilines is 1. The molecule has 0 bridgehead atoms. The highest BCUT2D eigenvalue weighted by molar-refractivity contribution is 5.83. The Balaban J connectivity index is 2.03. The summed E-state index contributed by atoms with van der Waals surface area (Å²) in [5.74, 6) is 0.826. The van der Waals surface area contributed by atoms with Gasteiger partial charge in [-0.2, -0.15) is 4.98 Å². The lowest BCUT2D eigenvalue weighted by molar-refractivity contribution is 0.533. The van der Waals surface area contributed by atoms with Gasteiger partial charge in [0.15, 0.2) is 0 Å². The molecule has 0 saturated carbocycles. The minimum atomic E-state index is 0.234. The van der Waals surface area contributed by atoms with Crippen molar-refractivity contribution in [1.82, 2.24) is 9.97 Å². The minimum absolute atomic E-state index is 0.234. The summed E-state index contributed by atoms with van der Waals surface area (Å²) in [5.41, 5.74) is 8.72. The monoisotopic (exact) mass is 227 g/mol. The summed E-state index contributed by atoms with van der Waals surface area (Å²) in [6.07, 6.45) is 2.71. The van der Waals surface area contributed by atoms with E-state index in [1.54, 1.807) is 0 Å². The lowest BCUT2D eigenvalue weighted by atomic mass is 10.1. The molecule has 0 fully saturated rings. The van der Waals surface area contributed by atoms with Crippen molar-refractivity contribution in [1.29, 1.82) is 0 Å². The zero-order valence-electron chi connectivity index (χ0n) is 9.53. The largest absolute Gasteiger partial charge is 0.428 e. The fourth-order valence-corrected chi connectivity index (χ4v) is 2.07. The van der Waals surface area contributed by atoms with Gasteiger partial charge in [0.05, 0.1) is 5.69 Å². The lowest BCUT2D eigenvalue weighted by Crippen LogP contribution is -1.87. The zero-order chi connectivity index (χ0) is 11.8. The van der Waals surface area contributed by atoms with E-state index in [0.29, 0.717) is 6.42 Å². The molecule has 2 heterocycles. The number of rotatable bonds is 2. The molecule has 3 rings (SSSR count). The highest BCUT2D eigenvalue weighted by atomic mass is 16.4. The number of nitrogens with two attached hydrogens (primary N) is 1. The Hall–Kier alpha value is -2.23. The topological polar surface area (TPSA) is 67.8 Å². The molecule has 3 N–H and O–H groups in total. The Morgan fingerprint density at radius 2 is 2.18 bits per heavy atom. The minimum Gasteiger partial charge on any atom is -0.428 e. The molecule has 0 radical (unpaired) electrons. The second-order valence-electron chi connectivity index (χ2n) is 4.10. The number of fused-ring (bicyclic) bond motifs is 1. The van der Waals surface area contributed by atoms with E-state index in [2.05, 4.69) is 22.1 Å². The number of para-hydroxylation sites is 1. The fraction of sp³-hybridized carbons (Fsp3) is 0.154. The second-order valence-corrected chi connectivity index (χ2v) is 4.10. The third-order valence-electron chi connectivity index (χ3n) is 2.94. The highest BCUT2D eigenvalue weighted by Crippen LogP contribution is 2.22. The third kappa shape index (κ3) is 1.67. The molecule has 0 atom stereocenters. The van der Waals surface area contributed by atoms with Crippen molar-refractivity contribution in [2.75, 3.05) is 5.73 Å². The molecule has 1 aromatic carbocycles. The summed E-state index contributed by atoms with van der Waals surface area (Å²) in [4.78, 5) is 7.31. The number of aryl methyl sites for hydroxylation is 1. The summed E-state index contributed by atoms with van der Waals surface area (Å²) in [6.45, 7) is 1.91. The van der Waals surface area contributed by atoms with Crippen LogP contribution in [-0.2, 0) is 6.42 Å². The first-order chi connectivity index (χ1) is 8.24. The summed E-state index contributed by atoms with van der Waals surface area (Å²) < 4.78 is 5.39. The maximum atomic E-state index is 5.54. The van der Waals surface area contributed by atoms with Crippen LogP contribution < -0.4 is 5.73 Å². The number of oxazole rings is 1. The second kappa shape index (κ2) is 3.66. The number of nitrogens with zero attached hydrogens (tertiary/aromatic N) is 1.